The van der Waals surface area contributed by atoms with Crippen molar-refractivity contribution in [3.8, 4) is 0 Å². The lowest BCUT2D eigenvalue weighted by molar-refractivity contribution is -0.673. The zero-order chi connectivity index (χ0) is 17.1. The summed E-state index contributed by atoms with van der Waals surface area (Å²) in [5.41, 5.74) is 1.45. The molecule has 2 heterocycles. The molecular weight excluding hydrogens is 306 g/mol. The summed E-state index contributed by atoms with van der Waals surface area (Å²) in [6.45, 7) is 0.675. The van der Waals surface area contributed by atoms with Crippen molar-refractivity contribution in [2.75, 3.05) is 13.1 Å². The zero-order valence-corrected chi connectivity index (χ0v) is 13.4. The number of nitrogens with one attached hydrogen (secondary N) is 1. The Kier molecular flexibility index (Phi) is 4.37. The maximum Gasteiger partial charge on any atom is 0.316 e. The Bertz CT molecular complexity index is 782. The van der Waals surface area contributed by atoms with E-state index in [1.807, 2.05) is 6.07 Å². The van der Waals surface area contributed by atoms with Gasteiger partial charge in [0.05, 0.1) is 11.1 Å². The lowest BCUT2D eigenvalue weighted by Crippen LogP contribution is -2.41. The number of aryl methyl sites for hydroxylation is 1. The van der Waals surface area contributed by atoms with Gasteiger partial charge in [0.1, 0.15) is 7.05 Å². The van der Waals surface area contributed by atoms with E-state index in [-0.39, 0.29) is 24.3 Å². The number of aromatic nitrogens is 1. The summed E-state index contributed by atoms with van der Waals surface area (Å²) in [7, 11) is 1.80. The summed E-state index contributed by atoms with van der Waals surface area (Å²) < 4.78 is 1.74. The molecule has 1 N–H and O–H groups in total. The molecule has 3 rings (SSSR count). The van der Waals surface area contributed by atoms with E-state index in [2.05, 4.69) is 5.32 Å². The van der Waals surface area contributed by atoms with Gasteiger partial charge in [-0.05, 0) is 24.6 Å². The first-order valence-corrected chi connectivity index (χ1v) is 7.77. The van der Waals surface area contributed by atoms with Crippen molar-refractivity contribution >= 4 is 17.7 Å². The number of pyridine rings is 1. The van der Waals surface area contributed by atoms with E-state index in [1.54, 1.807) is 54.2 Å². The van der Waals surface area contributed by atoms with Gasteiger partial charge in [-0.3, -0.25) is 19.3 Å². The number of hydrogen-bond acceptors (Lipinski definition) is 3. The van der Waals surface area contributed by atoms with Crippen LogP contribution in [-0.2, 0) is 7.05 Å². The van der Waals surface area contributed by atoms with Crippen LogP contribution in [0.15, 0.2) is 48.7 Å². The van der Waals surface area contributed by atoms with Crippen molar-refractivity contribution in [3.63, 3.8) is 0 Å². The number of amides is 3. The van der Waals surface area contributed by atoms with Gasteiger partial charge in [-0.1, -0.05) is 12.1 Å². The first-order valence-electron chi connectivity index (χ1n) is 7.77. The number of nitrogens with zero attached hydrogens (tertiary/aromatic N) is 2. The van der Waals surface area contributed by atoms with Crippen LogP contribution in [0.3, 0.4) is 0 Å². The summed E-state index contributed by atoms with van der Waals surface area (Å²) >= 11 is 0. The fourth-order valence-corrected chi connectivity index (χ4v) is 2.73. The van der Waals surface area contributed by atoms with Gasteiger partial charge < -0.3 is 5.32 Å². The number of carbonyl (C=O) groups excluding carboxylic acids is 3. The average molecular weight is 324 g/mol. The molecule has 0 saturated heterocycles. The molecule has 3 amide bonds. The topological polar surface area (TPSA) is 70.4 Å². The Morgan fingerprint density at radius 2 is 1.67 bits per heavy atom. The fourth-order valence-electron chi connectivity index (χ4n) is 2.73. The molecule has 0 fully saturated rings. The van der Waals surface area contributed by atoms with Gasteiger partial charge in [-0.2, -0.15) is 4.57 Å². The average Bonchev–Trinajstić information content (AvgIpc) is 2.84. The van der Waals surface area contributed by atoms with Crippen LogP contribution in [0, 0.1) is 0 Å². The molecule has 1 aromatic heterocycles. The molecule has 2 aromatic rings. The molecule has 0 saturated carbocycles. The third-order valence-corrected chi connectivity index (χ3v) is 4.01. The number of fused-ring (bicyclic) bond motifs is 1. The summed E-state index contributed by atoms with van der Waals surface area (Å²) in [5, 5.41) is 2.81. The van der Waals surface area contributed by atoms with Crippen molar-refractivity contribution in [2.45, 2.75) is 6.42 Å². The fraction of sp³-hybridized carbons (Fsp3) is 0.222. The Hall–Kier alpha value is -3.02. The van der Waals surface area contributed by atoms with E-state index in [9.17, 15) is 14.4 Å². The molecule has 0 spiro atoms. The third-order valence-electron chi connectivity index (χ3n) is 4.01. The Balaban J connectivity index is 1.53. The summed E-state index contributed by atoms with van der Waals surface area (Å²) in [5.74, 6) is -0.715. The number of hydrogen-bond donors (Lipinski definition) is 1. The van der Waals surface area contributed by atoms with Gasteiger partial charge in [0.25, 0.3) is 17.5 Å². The minimum atomic E-state index is -0.267. The van der Waals surface area contributed by atoms with Crippen molar-refractivity contribution < 1.29 is 19.0 Å². The lowest BCUT2D eigenvalue weighted by atomic mass is 10.1. The predicted molar refractivity (Wildman–Crippen MR) is 86.4 cm³/mol. The number of benzene rings is 1. The highest BCUT2D eigenvalue weighted by Gasteiger charge is 2.34. The van der Waals surface area contributed by atoms with Crippen molar-refractivity contribution in [3.05, 3.63) is 65.5 Å². The van der Waals surface area contributed by atoms with Crippen molar-refractivity contribution in [1.29, 1.82) is 0 Å². The van der Waals surface area contributed by atoms with Gasteiger partial charge in [0.2, 0.25) is 0 Å². The number of carbonyl (C=O) groups is 3. The normalized spacial score (nSPS) is 13.1. The molecular formula is C18H18N3O3+. The van der Waals surface area contributed by atoms with Crippen LogP contribution in [0.25, 0.3) is 0 Å². The van der Waals surface area contributed by atoms with Crippen molar-refractivity contribution in [2.24, 2.45) is 7.05 Å². The third kappa shape index (κ3) is 2.90. The van der Waals surface area contributed by atoms with Crippen LogP contribution in [0.4, 0.5) is 0 Å². The van der Waals surface area contributed by atoms with Gasteiger partial charge in [0, 0.05) is 25.2 Å². The van der Waals surface area contributed by atoms with Crippen LogP contribution in [-0.4, -0.2) is 35.7 Å². The molecule has 0 bridgehead atoms. The molecule has 0 radical (unpaired) electrons. The van der Waals surface area contributed by atoms with E-state index in [0.29, 0.717) is 29.8 Å². The Labute approximate surface area is 139 Å². The summed E-state index contributed by atoms with van der Waals surface area (Å²) in [6, 6.07) is 12.2. The quantitative estimate of drug-likeness (QED) is 0.505. The predicted octanol–water partition coefficient (Wildman–Crippen LogP) is 0.927. The minimum absolute atomic E-state index is 0.180. The Morgan fingerprint density at radius 3 is 2.29 bits per heavy atom. The second kappa shape index (κ2) is 6.62. The molecule has 24 heavy (non-hydrogen) atoms. The second-order valence-electron chi connectivity index (χ2n) is 5.61. The molecule has 1 aromatic carbocycles. The van der Waals surface area contributed by atoms with E-state index in [4.69, 9.17) is 0 Å². The molecule has 122 valence electrons. The Morgan fingerprint density at radius 1 is 1.04 bits per heavy atom. The molecule has 0 atom stereocenters. The maximum atomic E-state index is 12.2. The van der Waals surface area contributed by atoms with Crippen LogP contribution in [0.2, 0.25) is 0 Å². The monoisotopic (exact) mass is 324 g/mol. The van der Waals surface area contributed by atoms with Crippen LogP contribution >= 0.6 is 0 Å². The van der Waals surface area contributed by atoms with Crippen LogP contribution in [0.1, 0.15) is 37.6 Å². The van der Waals surface area contributed by atoms with Gasteiger partial charge in [-0.25, -0.2) is 0 Å². The minimum Gasteiger partial charge on any atom is -0.347 e. The molecule has 6 heteroatoms. The van der Waals surface area contributed by atoms with E-state index >= 15 is 0 Å². The van der Waals surface area contributed by atoms with Crippen LogP contribution < -0.4 is 9.88 Å². The van der Waals surface area contributed by atoms with E-state index in [0.717, 1.165) is 0 Å². The zero-order valence-electron chi connectivity index (χ0n) is 13.4. The largest absolute Gasteiger partial charge is 0.347 e. The summed E-state index contributed by atoms with van der Waals surface area (Å²) in [4.78, 5) is 37.8. The first-order chi connectivity index (χ1) is 11.6. The molecule has 6 nitrogen and oxygen atoms in total. The first kappa shape index (κ1) is 15.9. The lowest BCUT2D eigenvalue weighted by Gasteiger charge is -2.13. The molecule has 1 aliphatic rings. The molecule has 0 unspecified atom stereocenters. The van der Waals surface area contributed by atoms with Crippen molar-refractivity contribution in [1.82, 2.24) is 10.2 Å². The standard InChI is InChI=1S/C18H17N3O3/c1-20-11-5-4-9-15(20)16(22)19-10-6-12-21-17(23)13-7-2-3-8-14(13)18(21)24/h2-5,7-9,11H,6,10,12H2,1H3/p+1. The highest BCUT2D eigenvalue weighted by Crippen LogP contribution is 2.22. The van der Waals surface area contributed by atoms with Crippen LogP contribution in [0.5, 0.6) is 0 Å². The smallest absolute Gasteiger partial charge is 0.316 e. The van der Waals surface area contributed by atoms with E-state index in [1.165, 1.54) is 4.90 Å². The molecule has 1 aliphatic heterocycles. The molecule has 0 aliphatic carbocycles. The van der Waals surface area contributed by atoms with Gasteiger partial charge in [-0.15, -0.1) is 0 Å². The maximum absolute atomic E-state index is 12.2. The summed E-state index contributed by atoms with van der Waals surface area (Å²) in [6.07, 6.45) is 2.31. The SMILES string of the molecule is C[n+]1ccccc1C(=O)NCCCN1C(=O)c2ccccc2C1=O. The highest BCUT2D eigenvalue weighted by atomic mass is 16.2. The number of imide groups is 1. The van der Waals surface area contributed by atoms with Gasteiger partial charge in [0.15, 0.2) is 6.20 Å². The second-order valence-corrected chi connectivity index (χ2v) is 5.61. The highest BCUT2D eigenvalue weighted by molar-refractivity contribution is 6.21. The van der Waals surface area contributed by atoms with Gasteiger partial charge >= 0.3 is 5.91 Å². The number of rotatable bonds is 5. The van der Waals surface area contributed by atoms with E-state index < -0.39 is 0 Å².